The normalized spacial score (nSPS) is 11.3. The lowest BCUT2D eigenvalue weighted by Crippen LogP contribution is -2.42. The summed E-state index contributed by atoms with van der Waals surface area (Å²) in [6.07, 6.45) is 0.215. The SMILES string of the molecule is CCN(CC(C)(C)O)C(=O)Cc1ccc(OC)cc1Cl. The van der Waals surface area contributed by atoms with E-state index in [1.54, 1.807) is 44.1 Å². The van der Waals surface area contributed by atoms with Crippen LogP contribution in [0.1, 0.15) is 26.3 Å². The molecule has 1 N–H and O–H groups in total. The molecular formula is C15H22ClNO3. The van der Waals surface area contributed by atoms with Crippen molar-refractivity contribution in [1.29, 1.82) is 0 Å². The number of aliphatic hydroxyl groups is 1. The number of carbonyl (C=O) groups is 1. The fourth-order valence-corrected chi connectivity index (χ4v) is 2.15. The summed E-state index contributed by atoms with van der Waals surface area (Å²) in [6, 6.07) is 5.26. The van der Waals surface area contributed by atoms with Gasteiger partial charge in [-0.3, -0.25) is 4.79 Å². The van der Waals surface area contributed by atoms with Crippen molar-refractivity contribution in [3.05, 3.63) is 28.8 Å². The first-order valence-corrected chi connectivity index (χ1v) is 6.97. The Hall–Kier alpha value is -1.26. The molecule has 0 saturated heterocycles. The second-order valence-electron chi connectivity index (χ2n) is 5.35. The van der Waals surface area contributed by atoms with Crippen molar-refractivity contribution in [3.8, 4) is 5.75 Å². The van der Waals surface area contributed by atoms with Crippen LogP contribution >= 0.6 is 11.6 Å². The van der Waals surface area contributed by atoms with Crippen LogP contribution in [0, 0.1) is 0 Å². The van der Waals surface area contributed by atoms with Gasteiger partial charge in [0, 0.05) is 18.1 Å². The summed E-state index contributed by atoms with van der Waals surface area (Å²) in [6.45, 7) is 6.11. The molecule has 0 aliphatic rings. The molecule has 0 aliphatic carbocycles. The highest BCUT2D eigenvalue weighted by molar-refractivity contribution is 6.31. The zero-order chi connectivity index (χ0) is 15.3. The molecule has 0 saturated carbocycles. The van der Waals surface area contributed by atoms with Crippen LogP contribution in [0.2, 0.25) is 5.02 Å². The highest BCUT2D eigenvalue weighted by atomic mass is 35.5. The van der Waals surface area contributed by atoms with E-state index in [2.05, 4.69) is 0 Å². The minimum absolute atomic E-state index is 0.0540. The first kappa shape index (κ1) is 16.8. The molecule has 0 bridgehead atoms. The number of likely N-dealkylation sites (N-methyl/N-ethyl adjacent to an activating group) is 1. The van der Waals surface area contributed by atoms with Gasteiger partial charge < -0.3 is 14.7 Å². The predicted octanol–water partition coefficient (Wildman–Crippen LogP) is 2.51. The van der Waals surface area contributed by atoms with E-state index >= 15 is 0 Å². The topological polar surface area (TPSA) is 49.8 Å². The summed E-state index contributed by atoms with van der Waals surface area (Å²) in [7, 11) is 1.57. The molecule has 0 aliphatic heterocycles. The molecule has 0 atom stereocenters. The average Bonchev–Trinajstić information content (AvgIpc) is 2.37. The molecule has 112 valence electrons. The lowest BCUT2D eigenvalue weighted by molar-refractivity contribution is -0.133. The van der Waals surface area contributed by atoms with Gasteiger partial charge in [0.1, 0.15) is 5.75 Å². The average molecular weight is 300 g/mol. The van der Waals surface area contributed by atoms with E-state index in [9.17, 15) is 9.90 Å². The van der Waals surface area contributed by atoms with Crippen LogP contribution < -0.4 is 4.74 Å². The zero-order valence-corrected chi connectivity index (χ0v) is 13.2. The predicted molar refractivity (Wildman–Crippen MR) is 80.3 cm³/mol. The Morgan fingerprint density at radius 3 is 2.55 bits per heavy atom. The van der Waals surface area contributed by atoms with Crippen molar-refractivity contribution in [3.63, 3.8) is 0 Å². The van der Waals surface area contributed by atoms with Crippen LogP contribution in [0.3, 0.4) is 0 Å². The molecule has 5 heteroatoms. The molecule has 20 heavy (non-hydrogen) atoms. The summed E-state index contributed by atoms with van der Waals surface area (Å²) in [5.74, 6) is 0.608. The third kappa shape index (κ3) is 5.02. The lowest BCUT2D eigenvalue weighted by atomic mass is 10.1. The molecule has 0 radical (unpaired) electrons. The summed E-state index contributed by atoms with van der Waals surface area (Å²) in [4.78, 5) is 13.9. The van der Waals surface area contributed by atoms with Gasteiger partial charge in [-0.15, -0.1) is 0 Å². The van der Waals surface area contributed by atoms with Crippen molar-refractivity contribution in [2.75, 3.05) is 20.2 Å². The largest absolute Gasteiger partial charge is 0.497 e. The molecule has 0 spiro atoms. The lowest BCUT2D eigenvalue weighted by Gasteiger charge is -2.28. The van der Waals surface area contributed by atoms with Crippen molar-refractivity contribution in [2.45, 2.75) is 32.8 Å². The smallest absolute Gasteiger partial charge is 0.227 e. The maximum absolute atomic E-state index is 12.3. The van der Waals surface area contributed by atoms with E-state index in [1.165, 1.54) is 0 Å². The number of ether oxygens (including phenoxy) is 1. The third-order valence-electron chi connectivity index (χ3n) is 2.91. The number of halogens is 1. The number of benzene rings is 1. The Morgan fingerprint density at radius 2 is 2.10 bits per heavy atom. The first-order chi connectivity index (χ1) is 9.26. The van der Waals surface area contributed by atoms with E-state index in [0.717, 1.165) is 5.56 Å². The van der Waals surface area contributed by atoms with Crippen molar-refractivity contribution in [2.24, 2.45) is 0 Å². The van der Waals surface area contributed by atoms with Gasteiger partial charge in [-0.1, -0.05) is 17.7 Å². The van der Waals surface area contributed by atoms with Crippen molar-refractivity contribution >= 4 is 17.5 Å². The Morgan fingerprint density at radius 1 is 1.45 bits per heavy atom. The minimum Gasteiger partial charge on any atom is -0.497 e. The van der Waals surface area contributed by atoms with E-state index in [4.69, 9.17) is 16.3 Å². The third-order valence-corrected chi connectivity index (χ3v) is 3.27. The fraction of sp³-hybridized carbons (Fsp3) is 0.533. The van der Waals surface area contributed by atoms with Gasteiger partial charge in [-0.2, -0.15) is 0 Å². The second-order valence-corrected chi connectivity index (χ2v) is 5.76. The van der Waals surface area contributed by atoms with Crippen LogP contribution in [-0.4, -0.2) is 41.7 Å². The van der Waals surface area contributed by atoms with Crippen LogP contribution in [0.15, 0.2) is 18.2 Å². The Balaban J connectivity index is 2.78. The van der Waals surface area contributed by atoms with Crippen molar-refractivity contribution < 1.29 is 14.6 Å². The Labute approximate surface area is 125 Å². The van der Waals surface area contributed by atoms with Gasteiger partial charge in [0.2, 0.25) is 5.91 Å². The summed E-state index contributed by atoms with van der Waals surface area (Å²) >= 11 is 6.13. The second kappa shape index (κ2) is 6.95. The van der Waals surface area contributed by atoms with E-state index in [0.29, 0.717) is 23.9 Å². The molecule has 0 heterocycles. The summed E-state index contributed by atoms with van der Waals surface area (Å²) in [5, 5.41) is 10.3. The van der Waals surface area contributed by atoms with Crippen LogP contribution in [0.5, 0.6) is 5.75 Å². The van der Waals surface area contributed by atoms with Gasteiger partial charge in [0.25, 0.3) is 0 Å². The molecule has 0 fully saturated rings. The molecule has 1 aromatic carbocycles. The van der Waals surface area contributed by atoms with E-state index < -0.39 is 5.60 Å². The van der Waals surface area contributed by atoms with E-state index in [-0.39, 0.29) is 12.3 Å². The number of nitrogens with zero attached hydrogens (tertiary/aromatic N) is 1. The molecule has 4 nitrogen and oxygen atoms in total. The summed E-state index contributed by atoms with van der Waals surface area (Å²) < 4.78 is 5.08. The minimum atomic E-state index is -0.907. The van der Waals surface area contributed by atoms with Gasteiger partial charge in [-0.25, -0.2) is 0 Å². The quantitative estimate of drug-likeness (QED) is 0.878. The summed E-state index contributed by atoms with van der Waals surface area (Å²) in [5.41, 5.74) is -0.151. The Kier molecular flexibility index (Phi) is 5.84. The number of methoxy groups -OCH3 is 1. The number of rotatable bonds is 6. The van der Waals surface area contributed by atoms with Crippen molar-refractivity contribution in [1.82, 2.24) is 4.90 Å². The highest BCUT2D eigenvalue weighted by Gasteiger charge is 2.21. The van der Waals surface area contributed by atoms with Crippen LogP contribution in [0.4, 0.5) is 0 Å². The van der Waals surface area contributed by atoms with Gasteiger partial charge >= 0.3 is 0 Å². The molecule has 0 unspecified atom stereocenters. The molecule has 1 rings (SSSR count). The maximum Gasteiger partial charge on any atom is 0.227 e. The van der Waals surface area contributed by atoms with Gasteiger partial charge in [0.15, 0.2) is 0 Å². The Bertz CT molecular complexity index is 469. The van der Waals surface area contributed by atoms with Crippen LogP contribution in [0.25, 0.3) is 0 Å². The fourth-order valence-electron chi connectivity index (χ4n) is 1.92. The van der Waals surface area contributed by atoms with Crippen LogP contribution in [-0.2, 0) is 11.2 Å². The number of hydrogen-bond donors (Lipinski definition) is 1. The monoisotopic (exact) mass is 299 g/mol. The zero-order valence-electron chi connectivity index (χ0n) is 12.4. The molecule has 1 aromatic rings. The first-order valence-electron chi connectivity index (χ1n) is 6.59. The van der Waals surface area contributed by atoms with Gasteiger partial charge in [-0.05, 0) is 38.5 Å². The maximum atomic E-state index is 12.3. The van der Waals surface area contributed by atoms with E-state index in [1.807, 2.05) is 6.92 Å². The molecule has 1 amide bonds. The number of amides is 1. The standard InChI is InChI=1S/C15H22ClNO3/c1-5-17(10-15(2,3)19)14(18)8-11-6-7-12(20-4)9-13(11)16/h6-7,9,19H,5,8,10H2,1-4H3. The number of carbonyl (C=O) groups excluding carboxylic acids is 1. The van der Waals surface area contributed by atoms with Gasteiger partial charge in [0.05, 0.1) is 19.1 Å². The highest BCUT2D eigenvalue weighted by Crippen LogP contribution is 2.23. The molecule has 0 aromatic heterocycles. The molecular weight excluding hydrogens is 278 g/mol. The number of hydrogen-bond acceptors (Lipinski definition) is 3.